The summed E-state index contributed by atoms with van der Waals surface area (Å²) in [7, 11) is 0. The lowest BCUT2D eigenvalue weighted by atomic mass is 10.1. The highest BCUT2D eigenvalue weighted by molar-refractivity contribution is 6.01. The Morgan fingerprint density at radius 3 is 2.67 bits per heavy atom. The van der Waals surface area contributed by atoms with Crippen LogP contribution < -0.4 is 14.9 Å². The molecule has 6 heteroatoms. The topological polar surface area (TPSA) is 80.2 Å². The molecular weight excluding hydrogens is 308 g/mol. The van der Waals surface area contributed by atoms with Crippen molar-refractivity contribution in [3.8, 4) is 17.2 Å². The van der Waals surface area contributed by atoms with Crippen LogP contribution >= 0.6 is 0 Å². The van der Waals surface area contributed by atoms with Crippen molar-refractivity contribution < 1.29 is 19.4 Å². The van der Waals surface area contributed by atoms with Gasteiger partial charge in [0.25, 0.3) is 5.91 Å². The number of fused-ring (bicyclic) bond motifs is 1. The van der Waals surface area contributed by atoms with Crippen molar-refractivity contribution in [2.75, 3.05) is 13.2 Å². The van der Waals surface area contributed by atoms with Crippen LogP contribution in [0, 0.1) is 0 Å². The van der Waals surface area contributed by atoms with Crippen molar-refractivity contribution in [1.29, 1.82) is 0 Å². The Morgan fingerprint density at radius 1 is 1.12 bits per heavy atom. The molecule has 6 nitrogen and oxygen atoms in total. The smallest absolute Gasteiger partial charge is 0.275 e. The van der Waals surface area contributed by atoms with Crippen molar-refractivity contribution in [1.82, 2.24) is 5.43 Å². The molecule has 1 aliphatic rings. The average Bonchev–Trinajstić information content (AvgIpc) is 2.84. The summed E-state index contributed by atoms with van der Waals surface area (Å²) in [6.07, 6.45) is 0.841. The molecule has 0 atom stereocenters. The maximum absolute atomic E-state index is 12.1. The van der Waals surface area contributed by atoms with Gasteiger partial charge in [0.15, 0.2) is 11.5 Å². The third-order valence-electron chi connectivity index (χ3n) is 3.64. The molecule has 0 aromatic heterocycles. The molecule has 1 amide bonds. The monoisotopic (exact) mass is 326 g/mol. The van der Waals surface area contributed by atoms with E-state index in [0.29, 0.717) is 30.4 Å². The molecular formula is C18H18N2O4. The number of aromatic hydroxyl groups is 1. The summed E-state index contributed by atoms with van der Waals surface area (Å²) in [5, 5.41) is 13.8. The van der Waals surface area contributed by atoms with E-state index in [0.717, 1.165) is 12.0 Å². The number of carbonyl (C=O) groups excluding carboxylic acids is 1. The van der Waals surface area contributed by atoms with E-state index in [2.05, 4.69) is 10.5 Å². The number of phenolic OH excluding ortho intramolecular Hbond substituents is 1. The van der Waals surface area contributed by atoms with Crippen molar-refractivity contribution >= 4 is 11.6 Å². The van der Waals surface area contributed by atoms with Gasteiger partial charge in [-0.25, -0.2) is 5.43 Å². The predicted octanol–water partition coefficient (Wildman–Crippen LogP) is 2.71. The van der Waals surface area contributed by atoms with E-state index in [1.165, 1.54) is 12.1 Å². The van der Waals surface area contributed by atoms with Gasteiger partial charge in [0.1, 0.15) is 5.75 Å². The highest BCUT2D eigenvalue weighted by Crippen LogP contribution is 2.30. The number of nitrogens with zero attached hydrogens (tertiary/aromatic N) is 1. The van der Waals surface area contributed by atoms with Crippen LogP contribution in [0.4, 0.5) is 0 Å². The van der Waals surface area contributed by atoms with Crippen molar-refractivity contribution in [2.24, 2.45) is 5.10 Å². The normalized spacial score (nSPS) is 14.0. The van der Waals surface area contributed by atoms with Gasteiger partial charge in [-0.2, -0.15) is 5.10 Å². The zero-order valence-electron chi connectivity index (χ0n) is 13.3. The van der Waals surface area contributed by atoms with Gasteiger partial charge >= 0.3 is 0 Å². The van der Waals surface area contributed by atoms with E-state index in [9.17, 15) is 9.90 Å². The molecule has 0 fully saturated rings. The summed E-state index contributed by atoms with van der Waals surface area (Å²) in [5.41, 5.74) is 4.06. The van der Waals surface area contributed by atoms with E-state index in [4.69, 9.17) is 9.47 Å². The van der Waals surface area contributed by atoms with Crippen LogP contribution in [0.5, 0.6) is 17.2 Å². The molecule has 24 heavy (non-hydrogen) atoms. The maximum atomic E-state index is 12.1. The number of amides is 1. The highest BCUT2D eigenvalue weighted by atomic mass is 16.5. The van der Waals surface area contributed by atoms with Gasteiger partial charge in [0.2, 0.25) is 0 Å². The third-order valence-corrected chi connectivity index (χ3v) is 3.64. The summed E-state index contributed by atoms with van der Waals surface area (Å²) in [5.74, 6) is 0.828. The minimum Gasteiger partial charge on any atom is -0.507 e. The summed E-state index contributed by atoms with van der Waals surface area (Å²) < 4.78 is 11.2. The summed E-state index contributed by atoms with van der Waals surface area (Å²) >= 11 is 0. The molecule has 0 spiro atoms. The molecule has 0 bridgehead atoms. The molecule has 0 unspecified atom stereocenters. The molecule has 0 aliphatic carbocycles. The van der Waals surface area contributed by atoms with Crippen LogP contribution in [0.25, 0.3) is 0 Å². The number of rotatable bonds is 3. The molecule has 0 saturated heterocycles. The van der Waals surface area contributed by atoms with E-state index >= 15 is 0 Å². The minimum atomic E-state index is -0.471. The number of hydrogen-bond donors (Lipinski definition) is 2. The van der Waals surface area contributed by atoms with E-state index in [-0.39, 0.29) is 11.3 Å². The zero-order valence-corrected chi connectivity index (χ0v) is 13.3. The molecule has 3 rings (SSSR count). The van der Waals surface area contributed by atoms with Crippen LogP contribution in [0.15, 0.2) is 47.6 Å². The summed E-state index contributed by atoms with van der Waals surface area (Å²) in [4.78, 5) is 12.1. The Labute approximate surface area is 139 Å². The first-order chi connectivity index (χ1) is 11.6. The van der Waals surface area contributed by atoms with Crippen LogP contribution in [0.2, 0.25) is 0 Å². The van der Waals surface area contributed by atoms with Crippen molar-refractivity contribution in [3.05, 3.63) is 53.6 Å². The Balaban J connectivity index is 1.75. The predicted molar refractivity (Wildman–Crippen MR) is 89.8 cm³/mol. The number of carbonyl (C=O) groups is 1. The molecule has 2 N–H and O–H groups in total. The van der Waals surface area contributed by atoms with E-state index in [1.54, 1.807) is 19.1 Å². The Hall–Kier alpha value is -3.02. The first kappa shape index (κ1) is 15.9. The number of phenols is 1. The van der Waals surface area contributed by atoms with Gasteiger partial charge in [0.05, 0.1) is 24.5 Å². The zero-order chi connectivity index (χ0) is 16.9. The molecule has 1 heterocycles. The van der Waals surface area contributed by atoms with E-state index in [1.807, 2.05) is 18.2 Å². The lowest BCUT2D eigenvalue weighted by Gasteiger charge is -2.09. The number of hydrogen-bond acceptors (Lipinski definition) is 5. The van der Waals surface area contributed by atoms with Crippen LogP contribution in [-0.4, -0.2) is 29.9 Å². The van der Waals surface area contributed by atoms with Crippen LogP contribution in [-0.2, 0) is 0 Å². The number of para-hydroxylation sites is 1. The molecule has 124 valence electrons. The van der Waals surface area contributed by atoms with Gasteiger partial charge in [-0.1, -0.05) is 12.1 Å². The average molecular weight is 326 g/mol. The second-order valence-corrected chi connectivity index (χ2v) is 5.37. The molecule has 0 radical (unpaired) electrons. The fourth-order valence-corrected chi connectivity index (χ4v) is 2.31. The second-order valence-electron chi connectivity index (χ2n) is 5.37. The largest absolute Gasteiger partial charge is 0.507 e. The van der Waals surface area contributed by atoms with Gasteiger partial charge in [-0.05, 0) is 37.3 Å². The number of benzene rings is 2. The fraction of sp³-hybridized carbons (Fsp3) is 0.222. The Kier molecular flexibility index (Phi) is 4.65. The Bertz CT molecular complexity index is 786. The van der Waals surface area contributed by atoms with E-state index < -0.39 is 5.91 Å². The minimum absolute atomic E-state index is 0.0848. The van der Waals surface area contributed by atoms with Crippen LogP contribution in [0.3, 0.4) is 0 Å². The second kappa shape index (κ2) is 7.04. The lowest BCUT2D eigenvalue weighted by molar-refractivity contribution is 0.0952. The maximum Gasteiger partial charge on any atom is 0.275 e. The standard InChI is InChI=1S/C18H18N2O4/c1-12(19-20-18(22)14-5-2-3-6-15(14)21)13-7-8-16-17(11-13)24-10-4-9-23-16/h2-3,5-8,11,21H,4,9-10H2,1H3,(H,20,22)/b19-12-. The number of ether oxygens (including phenoxy) is 2. The summed E-state index contributed by atoms with van der Waals surface area (Å²) in [6.45, 7) is 3.02. The van der Waals surface area contributed by atoms with Gasteiger partial charge in [-0.15, -0.1) is 0 Å². The van der Waals surface area contributed by atoms with Gasteiger partial charge in [-0.3, -0.25) is 4.79 Å². The molecule has 2 aromatic carbocycles. The number of nitrogens with one attached hydrogen (secondary N) is 1. The third kappa shape index (κ3) is 3.48. The Morgan fingerprint density at radius 2 is 1.88 bits per heavy atom. The quantitative estimate of drug-likeness (QED) is 0.671. The van der Waals surface area contributed by atoms with Crippen molar-refractivity contribution in [2.45, 2.75) is 13.3 Å². The van der Waals surface area contributed by atoms with Gasteiger partial charge in [0, 0.05) is 12.0 Å². The fourth-order valence-electron chi connectivity index (χ4n) is 2.31. The van der Waals surface area contributed by atoms with Gasteiger partial charge < -0.3 is 14.6 Å². The SMILES string of the molecule is C/C(=N/NC(=O)c1ccccc1O)c1ccc2c(c1)OCCCO2. The molecule has 1 aliphatic heterocycles. The highest BCUT2D eigenvalue weighted by Gasteiger charge is 2.13. The van der Waals surface area contributed by atoms with Crippen LogP contribution in [0.1, 0.15) is 29.3 Å². The van der Waals surface area contributed by atoms with Crippen molar-refractivity contribution in [3.63, 3.8) is 0 Å². The first-order valence-electron chi connectivity index (χ1n) is 7.68. The number of hydrazone groups is 1. The summed E-state index contributed by atoms with van der Waals surface area (Å²) in [6, 6.07) is 11.8. The molecule has 2 aromatic rings. The molecule has 0 saturated carbocycles. The first-order valence-corrected chi connectivity index (χ1v) is 7.68. The lowest BCUT2D eigenvalue weighted by Crippen LogP contribution is -2.19.